The summed E-state index contributed by atoms with van der Waals surface area (Å²) in [6, 6.07) is 12.8. The number of nitrogens with one attached hydrogen (secondary N) is 1. The predicted molar refractivity (Wildman–Crippen MR) is 109 cm³/mol. The van der Waals surface area contributed by atoms with Crippen LogP contribution >= 0.6 is 35.6 Å². The van der Waals surface area contributed by atoms with E-state index in [1.165, 1.54) is 0 Å². The minimum Gasteiger partial charge on any atom is -0.486 e. The number of anilines is 1. The molecule has 4 N–H and O–H groups in total. The van der Waals surface area contributed by atoms with Gasteiger partial charge in [-0.15, -0.1) is 24.0 Å². The highest BCUT2D eigenvalue weighted by atomic mass is 127. The highest BCUT2D eigenvalue weighted by Crippen LogP contribution is 2.39. The summed E-state index contributed by atoms with van der Waals surface area (Å²) in [4.78, 5) is 4.16. The topological polar surface area (TPSA) is 89.1 Å². The number of ether oxygens (including phenoxy) is 2. The van der Waals surface area contributed by atoms with E-state index in [9.17, 15) is 5.11 Å². The smallest absolute Gasteiger partial charge is 0.193 e. The minimum absolute atomic E-state index is 0. The van der Waals surface area contributed by atoms with Gasteiger partial charge in [-0.2, -0.15) is 0 Å². The second-order valence-corrected chi connectivity index (χ2v) is 5.67. The number of halogens is 2. The standard InChI is InChI=1S/C17H18ClN3O3.HI/c18-13-8-11(9-15-16(13)24-7-6-23-15)14(22)10-20-17(19)21-12-4-2-1-3-5-12;/h1-5,8-9,14,22H,6-7,10H2,(H3,19,20,21);1H. The first-order chi connectivity index (χ1) is 11.6. The van der Waals surface area contributed by atoms with Gasteiger partial charge < -0.3 is 25.6 Å². The zero-order chi connectivity index (χ0) is 16.9. The van der Waals surface area contributed by atoms with Gasteiger partial charge in [-0.25, -0.2) is 0 Å². The Labute approximate surface area is 168 Å². The highest BCUT2D eigenvalue weighted by Gasteiger charge is 2.19. The van der Waals surface area contributed by atoms with Crippen molar-refractivity contribution in [2.45, 2.75) is 6.10 Å². The van der Waals surface area contributed by atoms with Crippen LogP contribution in [0.3, 0.4) is 0 Å². The van der Waals surface area contributed by atoms with E-state index in [0.717, 1.165) is 5.69 Å². The molecule has 0 aliphatic carbocycles. The first kappa shape index (κ1) is 19.6. The van der Waals surface area contributed by atoms with E-state index in [1.54, 1.807) is 12.1 Å². The molecule has 3 rings (SSSR count). The van der Waals surface area contributed by atoms with E-state index in [-0.39, 0.29) is 36.5 Å². The van der Waals surface area contributed by atoms with E-state index in [2.05, 4.69) is 10.3 Å². The Morgan fingerprint density at radius 2 is 1.96 bits per heavy atom. The fourth-order valence-electron chi connectivity index (χ4n) is 2.32. The number of aliphatic hydroxyl groups excluding tert-OH is 1. The van der Waals surface area contributed by atoms with E-state index < -0.39 is 6.10 Å². The van der Waals surface area contributed by atoms with Crippen LogP contribution in [0.25, 0.3) is 0 Å². The lowest BCUT2D eigenvalue weighted by Gasteiger charge is -2.21. The quantitative estimate of drug-likeness (QED) is 0.359. The van der Waals surface area contributed by atoms with Crippen LogP contribution in [0.4, 0.5) is 5.69 Å². The molecule has 134 valence electrons. The normalized spacial score (nSPS) is 14.4. The second-order valence-electron chi connectivity index (χ2n) is 5.26. The van der Waals surface area contributed by atoms with Crippen molar-refractivity contribution in [3.8, 4) is 11.5 Å². The van der Waals surface area contributed by atoms with Gasteiger partial charge in [-0.05, 0) is 29.8 Å². The molecular formula is C17H19ClIN3O3. The Kier molecular flexibility index (Phi) is 7.15. The second kappa shape index (κ2) is 9.12. The molecule has 0 saturated carbocycles. The molecule has 6 nitrogen and oxygen atoms in total. The molecule has 0 saturated heterocycles. The van der Waals surface area contributed by atoms with Gasteiger partial charge in [0.15, 0.2) is 17.5 Å². The molecule has 0 radical (unpaired) electrons. The average Bonchev–Trinajstić information content (AvgIpc) is 2.60. The van der Waals surface area contributed by atoms with Crippen molar-refractivity contribution in [2.75, 3.05) is 25.1 Å². The SMILES string of the molecule is I.NC(=NCC(O)c1cc(Cl)c2c(c1)OCCO2)Nc1ccccc1. The molecule has 0 spiro atoms. The van der Waals surface area contributed by atoms with Gasteiger partial charge in [0.2, 0.25) is 0 Å². The number of aliphatic imine (C=N–C) groups is 1. The molecule has 1 unspecified atom stereocenters. The summed E-state index contributed by atoms with van der Waals surface area (Å²) >= 11 is 6.17. The Morgan fingerprint density at radius 3 is 2.72 bits per heavy atom. The van der Waals surface area contributed by atoms with Crippen molar-refractivity contribution < 1.29 is 14.6 Å². The highest BCUT2D eigenvalue weighted by molar-refractivity contribution is 14.0. The molecule has 0 aromatic heterocycles. The van der Waals surface area contributed by atoms with Gasteiger partial charge in [-0.1, -0.05) is 29.8 Å². The van der Waals surface area contributed by atoms with Crippen LogP contribution in [0, 0.1) is 0 Å². The van der Waals surface area contributed by atoms with Gasteiger partial charge >= 0.3 is 0 Å². The molecule has 0 amide bonds. The number of para-hydroxylation sites is 1. The summed E-state index contributed by atoms with van der Waals surface area (Å²) in [5.41, 5.74) is 7.26. The first-order valence-corrected chi connectivity index (χ1v) is 7.90. The Bertz CT molecular complexity index is 743. The maximum atomic E-state index is 10.3. The van der Waals surface area contributed by atoms with Crippen molar-refractivity contribution >= 4 is 47.2 Å². The number of benzene rings is 2. The van der Waals surface area contributed by atoms with E-state index >= 15 is 0 Å². The molecule has 2 aromatic rings. The molecule has 25 heavy (non-hydrogen) atoms. The predicted octanol–water partition coefficient (Wildman–Crippen LogP) is 3.19. The number of rotatable bonds is 4. The third-order valence-electron chi connectivity index (χ3n) is 3.48. The van der Waals surface area contributed by atoms with E-state index in [0.29, 0.717) is 35.3 Å². The summed E-state index contributed by atoms with van der Waals surface area (Å²) in [5.74, 6) is 1.26. The summed E-state index contributed by atoms with van der Waals surface area (Å²) < 4.78 is 11.0. The summed E-state index contributed by atoms with van der Waals surface area (Å²) in [5, 5.41) is 13.7. The molecule has 8 heteroatoms. The zero-order valence-electron chi connectivity index (χ0n) is 13.3. The van der Waals surface area contributed by atoms with Gasteiger partial charge in [0.05, 0.1) is 17.7 Å². The van der Waals surface area contributed by atoms with Crippen LogP contribution in [-0.4, -0.2) is 30.8 Å². The van der Waals surface area contributed by atoms with Crippen molar-refractivity contribution in [3.63, 3.8) is 0 Å². The van der Waals surface area contributed by atoms with Crippen molar-refractivity contribution in [1.82, 2.24) is 0 Å². The lowest BCUT2D eigenvalue weighted by atomic mass is 10.1. The molecule has 1 aliphatic heterocycles. The first-order valence-electron chi connectivity index (χ1n) is 7.52. The molecule has 1 heterocycles. The Morgan fingerprint density at radius 1 is 1.24 bits per heavy atom. The number of fused-ring (bicyclic) bond motifs is 1. The zero-order valence-corrected chi connectivity index (χ0v) is 16.4. The number of hydrogen-bond donors (Lipinski definition) is 3. The molecule has 0 bridgehead atoms. The monoisotopic (exact) mass is 475 g/mol. The van der Waals surface area contributed by atoms with Crippen LogP contribution in [-0.2, 0) is 0 Å². The van der Waals surface area contributed by atoms with Crippen molar-refractivity contribution in [2.24, 2.45) is 10.7 Å². The van der Waals surface area contributed by atoms with Crippen LogP contribution in [0.2, 0.25) is 5.02 Å². The molecular weight excluding hydrogens is 457 g/mol. The Hall–Kier alpha value is -1.71. The third-order valence-corrected chi connectivity index (χ3v) is 3.77. The Balaban J connectivity index is 0.00000225. The van der Waals surface area contributed by atoms with Gasteiger partial charge in [0, 0.05) is 5.69 Å². The lowest BCUT2D eigenvalue weighted by Crippen LogP contribution is -2.23. The summed E-state index contributed by atoms with van der Waals surface area (Å²) in [6.07, 6.45) is -0.852. The molecule has 2 aromatic carbocycles. The van der Waals surface area contributed by atoms with Gasteiger partial charge in [-0.3, -0.25) is 4.99 Å². The number of nitrogens with zero attached hydrogens (tertiary/aromatic N) is 1. The molecule has 1 aliphatic rings. The molecule has 1 atom stereocenters. The molecule has 0 fully saturated rings. The van der Waals surface area contributed by atoms with Gasteiger partial charge in [0.25, 0.3) is 0 Å². The van der Waals surface area contributed by atoms with Crippen LogP contribution < -0.4 is 20.5 Å². The summed E-state index contributed by atoms with van der Waals surface area (Å²) in [6.45, 7) is 1.01. The van der Waals surface area contributed by atoms with Crippen LogP contribution in [0.1, 0.15) is 11.7 Å². The fourth-order valence-corrected chi connectivity index (χ4v) is 2.60. The van der Waals surface area contributed by atoms with E-state index in [1.807, 2.05) is 30.3 Å². The minimum atomic E-state index is -0.852. The average molecular weight is 476 g/mol. The van der Waals surface area contributed by atoms with Gasteiger partial charge in [0.1, 0.15) is 13.2 Å². The fraction of sp³-hybridized carbons (Fsp3) is 0.235. The number of hydrogen-bond acceptors (Lipinski definition) is 4. The number of aliphatic hydroxyl groups is 1. The van der Waals surface area contributed by atoms with Crippen LogP contribution in [0.5, 0.6) is 11.5 Å². The summed E-state index contributed by atoms with van der Waals surface area (Å²) in [7, 11) is 0. The van der Waals surface area contributed by atoms with Crippen molar-refractivity contribution in [1.29, 1.82) is 0 Å². The number of nitrogens with two attached hydrogens (primary N) is 1. The third kappa shape index (κ3) is 5.13. The maximum Gasteiger partial charge on any atom is 0.193 e. The lowest BCUT2D eigenvalue weighted by molar-refractivity contribution is 0.167. The maximum absolute atomic E-state index is 10.3. The van der Waals surface area contributed by atoms with E-state index in [4.69, 9.17) is 26.8 Å². The largest absolute Gasteiger partial charge is 0.486 e. The van der Waals surface area contributed by atoms with Crippen LogP contribution in [0.15, 0.2) is 47.5 Å². The van der Waals surface area contributed by atoms with Crippen molar-refractivity contribution in [3.05, 3.63) is 53.1 Å². The number of guanidine groups is 1.